The van der Waals surface area contributed by atoms with E-state index in [0.29, 0.717) is 0 Å². The fraction of sp³-hybridized carbons (Fsp3) is 0. The molecule has 0 aliphatic rings. The van der Waals surface area contributed by atoms with Gasteiger partial charge in [0.2, 0.25) is 5.91 Å². The number of hydrogen-bond acceptors (Lipinski definition) is 6. The van der Waals surface area contributed by atoms with Crippen molar-refractivity contribution in [2.24, 2.45) is 5.73 Å². The number of benzene rings is 3. The number of nitrogens with one attached hydrogen (secondary N) is 5. The van der Waals surface area contributed by atoms with Gasteiger partial charge in [-0.2, -0.15) is 0 Å². The maximum atomic E-state index is 14.1. The second kappa shape index (κ2) is 82.5. The number of hydrogen-bond donors (Lipinski definition) is 6. The molecule has 3 aromatic rings. The number of carbonyl (C=O) groups excluding carboxylic acids is 6. The minimum absolute atomic E-state index is 0.000204. The van der Waals surface area contributed by atoms with Crippen molar-refractivity contribution >= 4 is 35.4 Å². The molecule has 0 bridgehead atoms. The first-order chi connectivity index (χ1) is 71.1. The Hall–Kier alpha value is -28.7. The lowest BCUT2D eigenvalue weighted by molar-refractivity contribution is 0.0929. The summed E-state index contributed by atoms with van der Waals surface area (Å²) in [7, 11) is 0. The van der Waals surface area contributed by atoms with E-state index in [1.165, 1.54) is 66.7 Å². The molecule has 3 aromatic carbocycles. The van der Waals surface area contributed by atoms with Crippen molar-refractivity contribution in [3.05, 3.63) is 728 Å². The number of carbonyl (C=O) groups is 6. The van der Waals surface area contributed by atoms with Crippen molar-refractivity contribution in [1.82, 2.24) is 26.6 Å². The molecule has 0 heterocycles. The van der Waals surface area contributed by atoms with Gasteiger partial charge in [0.25, 0.3) is 29.5 Å². The van der Waals surface area contributed by atoms with E-state index in [2.05, 4.69) is 631 Å². The summed E-state index contributed by atoms with van der Waals surface area (Å²) in [4.78, 5) is 80.7. The van der Waals surface area contributed by atoms with E-state index in [-0.39, 0.29) is 33.4 Å². The molecular weight excluding hydrogens is 1770 g/mol. The Kier molecular flexibility index (Phi) is 62.7. The highest BCUT2D eigenvalue weighted by Gasteiger charge is 2.17. The summed E-state index contributed by atoms with van der Waals surface area (Å²) < 4.78 is 0. The number of rotatable bonds is 11. The van der Waals surface area contributed by atoms with Crippen LogP contribution in [0.15, 0.2) is 695 Å². The molecule has 0 saturated carbocycles. The fourth-order valence-corrected chi connectivity index (χ4v) is 6.74. The molecular formula is C132H26N6O6. The zero-order valence-corrected chi connectivity index (χ0v) is 73.2. The molecule has 0 aliphatic carbocycles. The summed E-state index contributed by atoms with van der Waals surface area (Å²) in [5.41, 5.74) is 258. The molecule has 0 fully saturated rings. The smallest absolute Gasteiger partial charge is 0.257 e. The van der Waals surface area contributed by atoms with Crippen molar-refractivity contribution < 1.29 is 28.8 Å². The minimum Gasteiger partial charge on any atom is -0.366 e. The molecule has 6 amide bonds. The van der Waals surface area contributed by atoms with Crippen LogP contribution in [0, 0.1) is 0 Å². The monoisotopic (exact) mass is 1790 g/mol. The predicted octanol–water partition coefficient (Wildman–Crippen LogP) is 17.7. The highest BCUT2D eigenvalue weighted by atomic mass is 16.2. The average molecular weight is 1790 g/mol. The fourth-order valence-electron chi connectivity index (χ4n) is 6.74. The lowest BCUT2D eigenvalue weighted by Crippen LogP contribution is -2.35. The van der Waals surface area contributed by atoms with E-state index < -0.39 is 47.1 Å². The summed E-state index contributed by atoms with van der Waals surface area (Å²) in [5, 5.41) is 12.4. The van der Waals surface area contributed by atoms with Crippen LogP contribution < -0.4 is 32.3 Å². The molecule has 144 heavy (non-hydrogen) atoms. The van der Waals surface area contributed by atoms with E-state index in [0.717, 1.165) is 12.3 Å². The van der Waals surface area contributed by atoms with Crippen LogP contribution in [-0.4, -0.2) is 35.4 Å². The van der Waals surface area contributed by atoms with E-state index in [4.69, 9.17) is 5.73 Å². The second-order valence-corrected chi connectivity index (χ2v) is 21.2. The van der Waals surface area contributed by atoms with Crippen molar-refractivity contribution in [3.8, 4) is 0 Å². The van der Waals surface area contributed by atoms with Gasteiger partial charge in [-0.05, 0) is 367 Å². The molecule has 3 rings (SSSR count). The van der Waals surface area contributed by atoms with Crippen LogP contribution in [0.2, 0.25) is 0 Å². The maximum absolute atomic E-state index is 14.1. The van der Waals surface area contributed by atoms with Gasteiger partial charge in [0, 0.05) is 308 Å². The maximum Gasteiger partial charge on any atom is 0.257 e. The van der Waals surface area contributed by atoms with Gasteiger partial charge in [0.15, 0.2) is 11.6 Å². The Labute approximate surface area is 819 Å². The van der Waals surface area contributed by atoms with Crippen molar-refractivity contribution in [2.45, 2.75) is 0 Å². The number of amides is 6. The van der Waals surface area contributed by atoms with Gasteiger partial charge in [-0.3, -0.25) is 28.8 Å². The van der Waals surface area contributed by atoms with Gasteiger partial charge in [0.1, 0.15) is 0 Å². The highest BCUT2D eigenvalue weighted by Crippen LogP contribution is 2.10. The first kappa shape index (κ1) is 109. The lowest BCUT2D eigenvalue weighted by Gasteiger charge is -2.12. The molecule has 620 valence electrons. The molecule has 0 atom stereocenters. The van der Waals surface area contributed by atoms with Gasteiger partial charge in [-0.1, -0.05) is 35.4 Å². The van der Waals surface area contributed by atoms with Gasteiger partial charge < -0.3 is 32.3 Å². The van der Waals surface area contributed by atoms with Gasteiger partial charge in [-0.15, -0.1) is 0 Å². The normalized spacial score (nSPS) is 5.72. The summed E-state index contributed by atoms with van der Waals surface area (Å²) in [6.07, 6.45) is 1.11. The van der Waals surface area contributed by atoms with Crippen molar-refractivity contribution in [2.75, 3.05) is 0 Å². The Morgan fingerprint density at radius 3 is 0.472 bits per heavy atom. The van der Waals surface area contributed by atoms with Crippen LogP contribution >= 0.6 is 0 Å². The first-order valence-electron chi connectivity index (χ1n) is 37.6. The molecule has 0 aromatic heterocycles. The lowest BCUT2D eigenvalue weighted by atomic mass is 10.1. The van der Waals surface area contributed by atoms with E-state index in [1.807, 2.05) is 0 Å². The van der Waals surface area contributed by atoms with Gasteiger partial charge in [0.05, 0.1) is 6.20 Å². The molecule has 0 saturated heterocycles. The van der Waals surface area contributed by atoms with Crippen LogP contribution in [0.25, 0.3) is 0 Å². The second-order valence-electron chi connectivity index (χ2n) is 21.2. The van der Waals surface area contributed by atoms with Crippen molar-refractivity contribution in [1.29, 1.82) is 0 Å². The molecule has 0 unspecified atom stereocenters. The van der Waals surface area contributed by atoms with E-state index in [9.17, 15) is 28.8 Å². The standard InChI is InChI=1S/C132H26N6O6/c1-4-7-10-13-16-19-22-25-28-31-34-37-40-43-46-49-52-55-58-61-64-67-70-73-76-79-82-85-88-91-94-97-100-103-115-134-128(140)120-108-105-110-122(117-120)130(142)136-126(114-102-99-96-93-90-87-84-81-78-75-72-69-66-63-60-57-54-51-48-45-42-39-36-33-30-27-24-21-18-15-12-9-6-3)138-132(144)124-112-106-111-123(118-124)131(143)137-125(135-129(141)121-109-104-107-119(116-121)127(133)139)113-101-98-95-92-89-86-83-80-77-74-71-68-65-62-59-56-53-50-47-44-41-38-35-32-29-26-23-20-17-14-11-8-5-2/h104-112,115-118H,1-3H2,(H2,133,139)(H,134,140)(H,135,141)(H,136,142)(H,137,143)(H,138,144). The predicted molar refractivity (Wildman–Crippen MR) is 512 cm³/mol. The topological polar surface area (TPSA) is 189 Å². The Balaban J connectivity index is 2.18. The number of nitrogens with two attached hydrogens (primary N) is 1. The van der Waals surface area contributed by atoms with E-state index >= 15 is 0 Å². The van der Waals surface area contributed by atoms with Crippen LogP contribution in [0.3, 0.4) is 0 Å². The average Bonchev–Trinajstić information content (AvgIpc) is 0.845. The Bertz CT molecular complexity index is 10900. The third-order valence-corrected chi connectivity index (χ3v) is 11.9. The quantitative estimate of drug-likeness (QED) is 0.104. The molecule has 12 heteroatoms. The molecule has 0 spiro atoms. The molecule has 0 aliphatic heterocycles. The minimum atomic E-state index is -0.919. The van der Waals surface area contributed by atoms with Crippen LogP contribution in [-0.2, 0) is 0 Å². The third kappa shape index (κ3) is 64.9. The molecule has 7 N–H and O–H groups in total. The van der Waals surface area contributed by atoms with Crippen LogP contribution in [0.1, 0.15) is 62.1 Å². The SMILES string of the molecule is C=C=C=C=C=C=C=C=C=C=C=C=C=C=C=C=C=C=C=C=C=C=C=C=C=C=C=C=C=C=C=C=C=C=C=CNC(=O)c1cccc(C(=O)NC(=C=C=C=C=C=C=C=C=C=C=C=C=C=C=C=C=C=C=C=C=C=C=C=C=C=C=C=C=C=C=C=C=C=C=C)NC(=O)c2cccc(C(=O)NC(=C=C=C=C=C=C=C=C=C=C=C=C=C=C=C=C=C=C=C=C=C=C=C=C=C=C=C=C=C=C=C=C=C=C=C)NC(=O)c3cccc(C(N)=O)c3)c2)c1. The summed E-state index contributed by atoms with van der Waals surface area (Å²) in [6.45, 7) is 9.97. The Morgan fingerprint density at radius 2 is 0.312 bits per heavy atom. The molecule has 0 radical (unpaired) electrons. The van der Waals surface area contributed by atoms with Gasteiger partial charge in [-0.25, -0.2) is 0 Å². The molecule has 12 nitrogen and oxygen atoms in total. The highest BCUT2D eigenvalue weighted by molar-refractivity contribution is 6.04. The summed E-state index contributed by atoms with van der Waals surface area (Å²) in [5.74, 6) is -5.89. The van der Waals surface area contributed by atoms with Crippen LogP contribution in [0.5, 0.6) is 0 Å². The van der Waals surface area contributed by atoms with Crippen LogP contribution in [0.4, 0.5) is 0 Å². The van der Waals surface area contributed by atoms with Crippen molar-refractivity contribution in [3.63, 3.8) is 0 Å². The largest absolute Gasteiger partial charge is 0.366 e. The van der Waals surface area contributed by atoms with E-state index in [1.54, 1.807) is 0 Å². The summed E-state index contributed by atoms with van der Waals surface area (Å²) in [6, 6.07) is 16.0. The Morgan fingerprint density at radius 1 is 0.181 bits per heavy atom. The first-order valence-corrected chi connectivity index (χ1v) is 37.6. The summed E-state index contributed by atoms with van der Waals surface area (Å²) >= 11 is 0. The zero-order chi connectivity index (χ0) is 103. The number of primary amides is 1. The zero-order valence-electron chi connectivity index (χ0n) is 73.2. The van der Waals surface area contributed by atoms with Gasteiger partial charge >= 0.3 is 0 Å². The third-order valence-electron chi connectivity index (χ3n) is 11.9.